The van der Waals surface area contributed by atoms with E-state index in [1.54, 1.807) is 0 Å². The summed E-state index contributed by atoms with van der Waals surface area (Å²) in [5.41, 5.74) is 1.51. The van der Waals surface area contributed by atoms with Gasteiger partial charge in [0.2, 0.25) is 0 Å². The van der Waals surface area contributed by atoms with Crippen LogP contribution in [0, 0.1) is 5.41 Å². The topological polar surface area (TPSA) is 28.2 Å². The van der Waals surface area contributed by atoms with E-state index in [-0.39, 0.29) is 0 Å². The summed E-state index contributed by atoms with van der Waals surface area (Å²) in [5, 5.41) is 4.12. The first-order valence-electron chi connectivity index (χ1n) is 8.24. The smallest absolute Gasteiger partial charge is 0.126 e. The van der Waals surface area contributed by atoms with Crippen LogP contribution in [0.15, 0.2) is 12.1 Å². The fourth-order valence-corrected chi connectivity index (χ4v) is 3.31. The minimum atomic E-state index is 0.505. The monoisotopic (exact) mass is 309 g/mol. The Morgan fingerprint density at radius 2 is 2.05 bits per heavy atom. The molecule has 0 atom stereocenters. The molecule has 1 saturated heterocycles. The Morgan fingerprint density at radius 1 is 1.29 bits per heavy atom. The number of hydrogen-bond acceptors (Lipinski definition) is 3. The molecule has 1 N–H and O–H groups in total. The number of aromatic nitrogens is 1. The molecule has 118 valence electrons. The molecule has 0 radical (unpaired) electrons. The number of nitrogens with zero attached hydrogens (tertiary/aromatic N) is 2. The second-order valence-electron chi connectivity index (χ2n) is 6.22. The Bertz CT molecular complexity index is 457. The molecule has 4 heteroatoms. The summed E-state index contributed by atoms with van der Waals surface area (Å²) >= 11 is 6.33. The molecule has 1 aromatic heterocycles. The Labute approximate surface area is 134 Å². The van der Waals surface area contributed by atoms with Crippen molar-refractivity contribution in [2.45, 2.75) is 53.0 Å². The van der Waals surface area contributed by atoms with Crippen molar-refractivity contribution >= 4 is 17.4 Å². The first kappa shape index (κ1) is 16.6. The van der Waals surface area contributed by atoms with Crippen molar-refractivity contribution in [1.82, 2.24) is 9.88 Å². The van der Waals surface area contributed by atoms with E-state index in [0.29, 0.717) is 5.41 Å². The molecule has 0 bridgehead atoms. The highest BCUT2D eigenvalue weighted by atomic mass is 35.5. The van der Waals surface area contributed by atoms with Crippen molar-refractivity contribution in [3.63, 3.8) is 0 Å². The summed E-state index contributed by atoms with van der Waals surface area (Å²) < 4.78 is 0. The van der Waals surface area contributed by atoms with Crippen LogP contribution in [0.4, 0.5) is 5.82 Å². The molecule has 0 aromatic carbocycles. The lowest BCUT2D eigenvalue weighted by Crippen LogP contribution is -2.26. The molecule has 2 rings (SSSR count). The lowest BCUT2D eigenvalue weighted by Gasteiger charge is -2.26. The number of rotatable bonds is 7. The third-order valence-corrected chi connectivity index (χ3v) is 5.21. The number of pyridine rings is 1. The van der Waals surface area contributed by atoms with Gasteiger partial charge in [-0.05, 0) is 49.8 Å². The van der Waals surface area contributed by atoms with Crippen molar-refractivity contribution in [2.75, 3.05) is 25.0 Å². The maximum atomic E-state index is 6.33. The molecule has 1 aliphatic rings. The van der Waals surface area contributed by atoms with E-state index >= 15 is 0 Å². The van der Waals surface area contributed by atoms with Gasteiger partial charge in [-0.1, -0.05) is 32.4 Å². The van der Waals surface area contributed by atoms with Crippen LogP contribution < -0.4 is 5.32 Å². The van der Waals surface area contributed by atoms with E-state index in [0.717, 1.165) is 42.6 Å². The van der Waals surface area contributed by atoms with Gasteiger partial charge in [-0.3, -0.25) is 4.90 Å². The SMILES string of the molecule is CCCNc1ccc(Cl)c(CN2CCC(CC)(CC)C2)n1. The molecular formula is C17H28ClN3. The van der Waals surface area contributed by atoms with Gasteiger partial charge in [0.1, 0.15) is 5.82 Å². The van der Waals surface area contributed by atoms with Crippen LogP contribution in [-0.4, -0.2) is 29.5 Å². The van der Waals surface area contributed by atoms with Crippen molar-refractivity contribution in [1.29, 1.82) is 0 Å². The van der Waals surface area contributed by atoms with Crippen molar-refractivity contribution in [3.8, 4) is 0 Å². The molecule has 0 aliphatic carbocycles. The van der Waals surface area contributed by atoms with Crippen LogP contribution in [0.25, 0.3) is 0 Å². The van der Waals surface area contributed by atoms with Gasteiger partial charge in [0, 0.05) is 19.6 Å². The molecule has 0 saturated carbocycles. The second kappa shape index (κ2) is 7.46. The van der Waals surface area contributed by atoms with Gasteiger partial charge in [-0.25, -0.2) is 4.98 Å². The van der Waals surface area contributed by atoms with Crippen LogP contribution in [-0.2, 0) is 6.54 Å². The lowest BCUT2D eigenvalue weighted by molar-refractivity contribution is 0.235. The number of anilines is 1. The molecule has 0 amide bonds. The normalized spacial score (nSPS) is 18.1. The van der Waals surface area contributed by atoms with E-state index < -0.39 is 0 Å². The standard InChI is InChI=1S/C17H28ClN3/c1-4-10-19-16-8-7-14(18)15(20-16)12-21-11-9-17(5-2,6-3)13-21/h7-8H,4-6,9-13H2,1-3H3,(H,19,20). The summed E-state index contributed by atoms with van der Waals surface area (Å²) in [5.74, 6) is 0.938. The van der Waals surface area contributed by atoms with Gasteiger partial charge in [0.25, 0.3) is 0 Å². The third-order valence-electron chi connectivity index (χ3n) is 4.87. The highest BCUT2D eigenvalue weighted by molar-refractivity contribution is 6.31. The van der Waals surface area contributed by atoms with Gasteiger partial charge >= 0.3 is 0 Å². The first-order chi connectivity index (χ1) is 10.1. The molecule has 0 spiro atoms. The molecule has 1 aliphatic heterocycles. The summed E-state index contributed by atoms with van der Waals surface area (Å²) in [4.78, 5) is 7.19. The predicted octanol–water partition coefficient (Wildman–Crippen LogP) is 4.57. The lowest BCUT2D eigenvalue weighted by atomic mass is 9.82. The van der Waals surface area contributed by atoms with Crippen LogP contribution in [0.5, 0.6) is 0 Å². The molecule has 21 heavy (non-hydrogen) atoms. The number of nitrogens with one attached hydrogen (secondary N) is 1. The van der Waals surface area contributed by atoms with E-state index in [1.807, 2.05) is 12.1 Å². The Hall–Kier alpha value is -0.800. The molecule has 2 heterocycles. The zero-order valence-electron chi connectivity index (χ0n) is 13.6. The summed E-state index contributed by atoms with van der Waals surface area (Å²) in [6.07, 6.45) is 4.92. The van der Waals surface area contributed by atoms with E-state index in [4.69, 9.17) is 11.6 Å². The number of likely N-dealkylation sites (tertiary alicyclic amines) is 1. The van der Waals surface area contributed by atoms with Gasteiger partial charge in [0.05, 0.1) is 10.7 Å². The highest BCUT2D eigenvalue weighted by Crippen LogP contribution is 2.37. The van der Waals surface area contributed by atoms with Crippen LogP contribution in [0.3, 0.4) is 0 Å². The van der Waals surface area contributed by atoms with Gasteiger partial charge < -0.3 is 5.32 Å². The van der Waals surface area contributed by atoms with E-state index in [2.05, 4.69) is 36.0 Å². The van der Waals surface area contributed by atoms with Crippen molar-refractivity contribution < 1.29 is 0 Å². The van der Waals surface area contributed by atoms with E-state index in [1.165, 1.54) is 25.8 Å². The molecule has 3 nitrogen and oxygen atoms in total. The summed E-state index contributed by atoms with van der Waals surface area (Å²) in [6.45, 7) is 10.9. The zero-order valence-corrected chi connectivity index (χ0v) is 14.3. The van der Waals surface area contributed by atoms with Gasteiger partial charge in [-0.2, -0.15) is 0 Å². The average Bonchev–Trinajstić information content (AvgIpc) is 2.92. The zero-order chi connectivity index (χ0) is 15.3. The molecule has 1 aromatic rings. The van der Waals surface area contributed by atoms with Crippen molar-refractivity contribution in [3.05, 3.63) is 22.8 Å². The van der Waals surface area contributed by atoms with Gasteiger partial charge in [-0.15, -0.1) is 0 Å². The van der Waals surface area contributed by atoms with E-state index in [9.17, 15) is 0 Å². The number of halogens is 1. The first-order valence-corrected chi connectivity index (χ1v) is 8.62. The molecule has 1 fully saturated rings. The Morgan fingerprint density at radius 3 is 2.67 bits per heavy atom. The minimum Gasteiger partial charge on any atom is -0.370 e. The summed E-state index contributed by atoms with van der Waals surface area (Å²) in [6, 6.07) is 3.93. The predicted molar refractivity (Wildman–Crippen MR) is 90.9 cm³/mol. The van der Waals surface area contributed by atoms with Crippen LogP contribution >= 0.6 is 11.6 Å². The quantitative estimate of drug-likeness (QED) is 0.799. The van der Waals surface area contributed by atoms with Gasteiger partial charge in [0.15, 0.2) is 0 Å². The average molecular weight is 310 g/mol. The van der Waals surface area contributed by atoms with Crippen LogP contribution in [0.1, 0.15) is 52.1 Å². The summed E-state index contributed by atoms with van der Waals surface area (Å²) in [7, 11) is 0. The minimum absolute atomic E-state index is 0.505. The second-order valence-corrected chi connectivity index (χ2v) is 6.63. The fourth-order valence-electron chi connectivity index (χ4n) is 3.15. The van der Waals surface area contributed by atoms with Crippen molar-refractivity contribution in [2.24, 2.45) is 5.41 Å². The third kappa shape index (κ3) is 4.10. The fraction of sp³-hybridized carbons (Fsp3) is 0.706. The van der Waals surface area contributed by atoms with Crippen LogP contribution in [0.2, 0.25) is 5.02 Å². The maximum absolute atomic E-state index is 6.33. The molecular weight excluding hydrogens is 282 g/mol. The largest absolute Gasteiger partial charge is 0.370 e. The highest BCUT2D eigenvalue weighted by Gasteiger charge is 2.34. The Balaban J connectivity index is 2.02. The Kier molecular flexibility index (Phi) is 5.88. The molecule has 0 unspecified atom stereocenters. The maximum Gasteiger partial charge on any atom is 0.126 e. The number of hydrogen-bond donors (Lipinski definition) is 1.